The summed E-state index contributed by atoms with van der Waals surface area (Å²) >= 11 is 0. The summed E-state index contributed by atoms with van der Waals surface area (Å²) < 4.78 is 68.1. The van der Waals surface area contributed by atoms with Crippen LogP contribution in [0.5, 0.6) is 23.1 Å². The Morgan fingerprint density at radius 1 is 0.900 bits per heavy atom. The molecular formula is C66H81N11O12S. The van der Waals surface area contributed by atoms with E-state index in [1.807, 2.05) is 37.4 Å². The Morgan fingerprint density at radius 3 is 2.48 bits per heavy atom. The highest BCUT2D eigenvalue weighted by atomic mass is 32.2. The lowest BCUT2D eigenvalue weighted by molar-refractivity contribution is -0.384. The number of nitro benzene ring substituents is 1. The zero-order valence-electron chi connectivity index (χ0n) is 51.6. The van der Waals surface area contributed by atoms with Crippen LogP contribution in [0.4, 0.5) is 34.3 Å². The van der Waals surface area contributed by atoms with Crippen LogP contribution in [0.1, 0.15) is 106 Å². The number of nitrogens with zero attached hydrogens (tertiary/aromatic N) is 8. The van der Waals surface area contributed by atoms with Gasteiger partial charge in [0.05, 0.1) is 77.8 Å². The van der Waals surface area contributed by atoms with E-state index in [2.05, 4.69) is 83.7 Å². The first-order chi connectivity index (χ1) is 43.5. The molecule has 0 unspecified atom stereocenters. The first-order valence-electron chi connectivity index (χ1n) is 32.0. The highest BCUT2D eigenvalue weighted by Gasteiger charge is 2.51. The highest BCUT2D eigenvalue weighted by molar-refractivity contribution is 7.90. The summed E-state index contributed by atoms with van der Waals surface area (Å²) in [5.74, 6) is 2.08. The summed E-state index contributed by atoms with van der Waals surface area (Å²) in [6.07, 6.45) is 10.6. The third-order valence-electron chi connectivity index (χ3n) is 20.3. The number of morpholine rings is 1. The maximum absolute atomic E-state index is 15.0. The molecule has 6 fully saturated rings. The Kier molecular flexibility index (Phi) is 16.2. The van der Waals surface area contributed by atoms with Crippen molar-refractivity contribution in [2.75, 3.05) is 106 Å². The van der Waals surface area contributed by atoms with E-state index in [4.69, 9.17) is 38.4 Å². The molecule has 8 aliphatic rings. The van der Waals surface area contributed by atoms with Crippen molar-refractivity contribution in [3.8, 4) is 23.1 Å². The Bertz CT molecular complexity index is 3780. The van der Waals surface area contributed by atoms with Gasteiger partial charge in [-0.15, -0.1) is 0 Å². The average Bonchev–Trinajstić information content (AvgIpc) is 0.954. The minimum Gasteiger partial charge on any atom is -0.493 e. The molecule has 90 heavy (non-hydrogen) atoms. The number of aromatic nitrogens is 3. The van der Waals surface area contributed by atoms with E-state index in [-0.39, 0.29) is 65.8 Å². The van der Waals surface area contributed by atoms with Crippen molar-refractivity contribution in [2.24, 2.45) is 11.3 Å². The number of nitrogens with one attached hydrogen (secondary N) is 3. The Hall–Kier alpha value is -7.48. The van der Waals surface area contributed by atoms with Crippen LogP contribution in [0.25, 0.3) is 11.0 Å². The van der Waals surface area contributed by atoms with Gasteiger partial charge in [0.25, 0.3) is 21.6 Å². The van der Waals surface area contributed by atoms with Crippen LogP contribution in [-0.4, -0.2) is 171 Å². The van der Waals surface area contributed by atoms with Gasteiger partial charge in [0, 0.05) is 106 Å². The van der Waals surface area contributed by atoms with E-state index >= 15 is 4.79 Å². The average molecular weight is 1250 g/mol. The minimum atomic E-state index is -4.75. The molecule has 0 bridgehead atoms. The van der Waals surface area contributed by atoms with Crippen molar-refractivity contribution >= 4 is 61.2 Å². The van der Waals surface area contributed by atoms with E-state index < -0.39 is 43.1 Å². The maximum atomic E-state index is 15.0. The fourth-order valence-corrected chi connectivity index (χ4v) is 16.4. The molecule has 6 aromatic rings. The van der Waals surface area contributed by atoms with Crippen LogP contribution in [0.15, 0.2) is 90.1 Å². The number of carbonyl (C=O) groups is 1. The second-order valence-electron chi connectivity index (χ2n) is 26.5. The van der Waals surface area contributed by atoms with Crippen molar-refractivity contribution < 1.29 is 51.7 Å². The molecule has 1 amide bonds. The molecule has 3 aromatic carbocycles. The fourth-order valence-electron chi connectivity index (χ4n) is 15.4. The molecule has 2 aliphatic carbocycles. The summed E-state index contributed by atoms with van der Waals surface area (Å²) in [7, 11) is -3.04. The van der Waals surface area contributed by atoms with Gasteiger partial charge in [-0.2, -0.15) is 4.98 Å². The van der Waals surface area contributed by atoms with Gasteiger partial charge in [0.15, 0.2) is 23.0 Å². The SMILES string of the molecule is COc1cc(CN2CCN(C3CC4(CCN(c5ccc(C(=O)NS(=O)(=O)c6cc7c(c([N+](=O)[O-])c6)N[C@@H](C6CCC(C)(O)CC6)CO7)c(N6c7cc8cc[nH]c8nc7O[C@H]7COCC[C@@H]76)c5)CC4)C3)[C@@H](c3ccccc3OC(C)C)C2)cnc1N1CCOCC1. The van der Waals surface area contributed by atoms with Gasteiger partial charge in [-0.05, 0) is 138 Å². The topological polar surface area (TPSA) is 252 Å². The lowest BCUT2D eigenvalue weighted by atomic mass is 9.59. The van der Waals surface area contributed by atoms with Crippen molar-refractivity contribution in [2.45, 2.75) is 132 Å². The van der Waals surface area contributed by atoms with E-state index in [0.717, 1.165) is 118 Å². The number of sulfonamides is 1. The lowest BCUT2D eigenvalue weighted by Crippen LogP contribution is -2.59. The van der Waals surface area contributed by atoms with Gasteiger partial charge < -0.3 is 58.5 Å². The third-order valence-corrected chi connectivity index (χ3v) is 21.6. The van der Waals surface area contributed by atoms with E-state index in [0.29, 0.717) is 80.9 Å². The second-order valence-corrected chi connectivity index (χ2v) is 28.2. The van der Waals surface area contributed by atoms with Crippen LogP contribution in [0.2, 0.25) is 0 Å². The van der Waals surface area contributed by atoms with Crippen LogP contribution < -0.4 is 43.7 Å². The first-order valence-corrected chi connectivity index (χ1v) is 33.5. The number of H-pyrrole nitrogens is 1. The zero-order chi connectivity index (χ0) is 62.1. The summed E-state index contributed by atoms with van der Waals surface area (Å²) in [5, 5.41) is 27.4. The number of aromatic amines is 1. The number of methoxy groups -OCH3 is 1. The Balaban J connectivity index is 0.718. The number of carbonyl (C=O) groups excluding carboxylic acids is 1. The molecule has 1 spiro atoms. The second kappa shape index (κ2) is 24.3. The Morgan fingerprint density at radius 2 is 1.70 bits per heavy atom. The van der Waals surface area contributed by atoms with Gasteiger partial charge in [-0.25, -0.2) is 18.1 Å². The third kappa shape index (κ3) is 11.8. The number of nitro groups is 1. The number of hydrogen-bond acceptors (Lipinski definition) is 20. The van der Waals surface area contributed by atoms with Crippen molar-refractivity contribution in [3.05, 3.63) is 112 Å². The summed E-state index contributed by atoms with van der Waals surface area (Å²) in [6.45, 7) is 14.7. The molecular weight excluding hydrogens is 1170 g/mol. The number of rotatable bonds is 15. The van der Waals surface area contributed by atoms with E-state index in [1.165, 1.54) is 11.6 Å². The normalized spacial score (nSPS) is 25.5. The highest BCUT2D eigenvalue weighted by Crippen LogP contribution is 2.54. The van der Waals surface area contributed by atoms with E-state index in [1.54, 1.807) is 19.4 Å². The molecule has 6 aliphatic heterocycles. The molecule has 0 radical (unpaired) electrons. The minimum absolute atomic E-state index is 0.000797. The Labute approximate surface area is 524 Å². The number of amides is 1. The number of hydrogen-bond donors (Lipinski definition) is 4. The lowest BCUT2D eigenvalue weighted by Gasteiger charge is -2.58. The van der Waals surface area contributed by atoms with Gasteiger partial charge in [0.1, 0.15) is 29.8 Å². The van der Waals surface area contributed by atoms with E-state index in [9.17, 15) is 23.6 Å². The number of anilines is 5. The standard InChI is InChI=1S/C66H81N11O12S/c1-41(2)88-56-8-6-5-7-48(56)55-38-72(37-42-29-58(84-4)62(68-36-42)74-24-27-85-28-25-74)22-23-75(55)46-34-66(35-46)17-20-73(21-18-66)45-9-10-49(52(31-45)76-51-14-26-86-40-59(51)89-64-54(76)30-44-13-19-67-61(44)70-64)63(78)71-90(82,83)47-32-53(77(80)81)60-57(33-47)87-39-50(69-60)43-11-15-65(3,79)16-12-43/h5-10,13,19,29-33,36,41,43,46,50-51,55,59,69,79H,11-12,14-18,20-28,34-35,37-40H2,1-4H3,(H,67,70)(H,71,78)/t43?,50-,51+,55-,59+,65?/m1/s1. The number of piperazine rings is 1. The molecule has 23 nitrogen and oxygen atoms in total. The molecule has 9 heterocycles. The summed E-state index contributed by atoms with van der Waals surface area (Å²) in [6, 6.07) is 22.2. The predicted molar refractivity (Wildman–Crippen MR) is 339 cm³/mol. The van der Waals surface area contributed by atoms with Crippen molar-refractivity contribution in [1.82, 2.24) is 29.5 Å². The molecule has 3 aromatic heterocycles. The van der Waals surface area contributed by atoms with Gasteiger partial charge in [0.2, 0.25) is 5.88 Å². The van der Waals surface area contributed by atoms with Crippen molar-refractivity contribution in [1.29, 1.82) is 0 Å². The molecule has 2 saturated carbocycles. The predicted octanol–water partition coefficient (Wildman–Crippen LogP) is 8.73. The number of pyridine rings is 2. The molecule has 4 saturated heterocycles. The van der Waals surface area contributed by atoms with Crippen LogP contribution >= 0.6 is 0 Å². The van der Waals surface area contributed by atoms with Crippen LogP contribution in [-0.2, 0) is 26.0 Å². The largest absolute Gasteiger partial charge is 0.493 e. The fraction of sp³-hybridized carbons (Fsp3) is 0.530. The number of para-hydroxylation sites is 1. The summed E-state index contributed by atoms with van der Waals surface area (Å²) in [5.41, 5.74) is 3.97. The molecule has 478 valence electrons. The number of ether oxygens (including phenoxy) is 6. The summed E-state index contributed by atoms with van der Waals surface area (Å²) in [4.78, 5) is 51.6. The molecule has 4 atom stereocenters. The molecule has 24 heteroatoms. The van der Waals surface area contributed by atoms with Gasteiger partial charge in [-0.3, -0.25) is 24.7 Å². The smallest absolute Gasteiger partial charge is 0.297 e. The number of piperidine rings is 1. The van der Waals surface area contributed by atoms with Gasteiger partial charge >= 0.3 is 0 Å². The number of benzene rings is 3. The zero-order valence-corrected chi connectivity index (χ0v) is 52.4. The first kappa shape index (κ1) is 60.1. The molecule has 4 N–H and O–H groups in total. The maximum Gasteiger partial charge on any atom is 0.297 e. The van der Waals surface area contributed by atoms with Crippen molar-refractivity contribution in [3.63, 3.8) is 0 Å². The van der Waals surface area contributed by atoms with Gasteiger partial charge in [-0.1, -0.05) is 18.2 Å². The number of aliphatic hydroxyl groups is 1. The quantitative estimate of drug-likeness (QED) is 0.0554. The molecule has 14 rings (SSSR count). The van der Waals surface area contributed by atoms with Crippen LogP contribution in [0.3, 0.4) is 0 Å². The number of fused-ring (bicyclic) bond motifs is 4. The van der Waals surface area contributed by atoms with Crippen LogP contribution in [0, 0.1) is 21.4 Å². The monoisotopic (exact) mass is 1250 g/mol.